The van der Waals surface area contributed by atoms with E-state index in [1.54, 1.807) is 0 Å². The standard InChI is InChI=1S/C18H17BrClN3/c19-18-17(12-5-8-21-9-6-12)15-7-10-22-11-16(15)23(18)14-3-1-13(20)2-4-14/h1-4,7,10-12,21H,5-6,8-9H2. The van der Waals surface area contributed by atoms with E-state index in [2.05, 4.69) is 36.9 Å². The van der Waals surface area contributed by atoms with Gasteiger partial charge in [-0.05, 0) is 83.7 Å². The highest BCUT2D eigenvalue weighted by Gasteiger charge is 2.24. The Hall–Kier alpha value is -1.36. The minimum atomic E-state index is 0.573. The fourth-order valence-electron chi connectivity index (χ4n) is 3.47. The van der Waals surface area contributed by atoms with E-state index in [-0.39, 0.29) is 0 Å². The fraction of sp³-hybridized carbons (Fsp3) is 0.278. The predicted octanol–water partition coefficient (Wildman–Crippen LogP) is 4.91. The van der Waals surface area contributed by atoms with Gasteiger partial charge < -0.3 is 9.88 Å². The normalized spacial score (nSPS) is 16.1. The second kappa shape index (κ2) is 6.27. The van der Waals surface area contributed by atoms with Crippen LogP contribution in [0, 0.1) is 0 Å². The van der Waals surface area contributed by atoms with Crippen molar-refractivity contribution in [2.75, 3.05) is 13.1 Å². The highest BCUT2D eigenvalue weighted by atomic mass is 79.9. The van der Waals surface area contributed by atoms with Gasteiger partial charge in [-0.25, -0.2) is 0 Å². The van der Waals surface area contributed by atoms with Crippen molar-refractivity contribution in [1.82, 2.24) is 14.9 Å². The van der Waals surface area contributed by atoms with Crippen LogP contribution in [-0.2, 0) is 0 Å². The number of benzene rings is 1. The third-order valence-corrected chi connectivity index (χ3v) is 5.62. The van der Waals surface area contributed by atoms with Crippen LogP contribution in [0.3, 0.4) is 0 Å². The average Bonchev–Trinajstić information content (AvgIpc) is 2.88. The summed E-state index contributed by atoms with van der Waals surface area (Å²) in [6.07, 6.45) is 6.16. The van der Waals surface area contributed by atoms with Crippen LogP contribution in [0.25, 0.3) is 16.6 Å². The Morgan fingerprint density at radius 1 is 1.13 bits per heavy atom. The molecule has 1 aliphatic heterocycles. The smallest absolute Gasteiger partial charge is 0.0939 e. The van der Waals surface area contributed by atoms with Crippen molar-refractivity contribution in [2.45, 2.75) is 18.8 Å². The Balaban J connectivity index is 1.94. The quantitative estimate of drug-likeness (QED) is 0.674. The van der Waals surface area contributed by atoms with Crippen LogP contribution in [0.4, 0.5) is 0 Å². The van der Waals surface area contributed by atoms with Gasteiger partial charge in [0.2, 0.25) is 0 Å². The minimum Gasteiger partial charge on any atom is -0.317 e. The lowest BCUT2D eigenvalue weighted by Gasteiger charge is -2.23. The third kappa shape index (κ3) is 2.69. The Morgan fingerprint density at radius 2 is 1.87 bits per heavy atom. The first-order valence-corrected chi connectivity index (χ1v) is 9.03. The van der Waals surface area contributed by atoms with Crippen LogP contribution >= 0.6 is 27.5 Å². The first kappa shape index (κ1) is 15.2. The number of hydrogen-bond acceptors (Lipinski definition) is 2. The van der Waals surface area contributed by atoms with Gasteiger partial charge in [-0.1, -0.05) is 11.6 Å². The molecule has 0 amide bonds. The number of nitrogens with one attached hydrogen (secondary N) is 1. The van der Waals surface area contributed by atoms with Gasteiger partial charge in [-0.15, -0.1) is 0 Å². The monoisotopic (exact) mass is 389 g/mol. The van der Waals surface area contributed by atoms with Crippen LogP contribution < -0.4 is 5.32 Å². The number of fused-ring (bicyclic) bond motifs is 1. The molecule has 118 valence electrons. The molecule has 3 nitrogen and oxygen atoms in total. The molecule has 0 bridgehead atoms. The Morgan fingerprint density at radius 3 is 2.61 bits per heavy atom. The number of halogens is 2. The van der Waals surface area contributed by atoms with Gasteiger partial charge in [-0.2, -0.15) is 0 Å². The van der Waals surface area contributed by atoms with Crippen LogP contribution in [-0.4, -0.2) is 22.6 Å². The fourth-order valence-corrected chi connectivity index (χ4v) is 4.53. The Labute approximate surface area is 148 Å². The molecule has 0 saturated carbocycles. The first-order valence-electron chi connectivity index (χ1n) is 7.86. The van der Waals surface area contributed by atoms with E-state index in [4.69, 9.17) is 11.6 Å². The van der Waals surface area contributed by atoms with E-state index in [1.807, 2.05) is 36.7 Å². The van der Waals surface area contributed by atoms with E-state index in [0.717, 1.165) is 33.9 Å². The molecule has 23 heavy (non-hydrogen) atoms. The molecule has 5 heteroatoms. The topological polar surface area (TPSA) is 29.9 Å². The second-order valence-electron chi connectivity index (χ2n) is 5.93. The predicted molar refractivity (Wildman–Crippen MR) is 98.6 cm³/mol. The lowest BCUT2D eigenvalue weighted by atomic mass is 9.90. The van der Waals surface area contributed by atoms with Crippen LogP contribution in [0.15, 0.2) is 47.3 Å². The highest BCUT2D eigenvalue weighted by molar-refractivity contribution is 9.10. The molecule has 1 saturated heterocycles. The molecule has 0 aliphatic carbocycles. The molecule has 1 aromatic carbocycles. The van der Waals surface area contributed by atoms with Gasteiger partial charge in [0, 0.05) is 22.3 Å². The summed E-state index contributed by atoms with van der Waals surface area (Å²) in [6, 6.07) is 10.1. The van der Waals surface area contributed by atoms with E-state index >= 15 is 0 Å². The zero-order valence-electron chi connectivity index (χ0n) is 12.6. The van der Waals surface area contributed by atoms with Crippen molar-refractivity contribution in [3.63, 3.8) is 0 Å². The van der Waals surface area contributed by atoms with Gasteiger partial charge in [0.1, 0.15) is 0 Å². The summed E-state index contributed by atoms with van der Waals surface area (Å²) < 4.78 is 3.37. The molecule has 3 heterocycles. The maximum absolute atomic E-state index is 6.04. The largest absolute Gasteiger partial charge is 0.317 e. The molecule has 0 radical (unpaired) electrons. The van der Waals surface area contributed by atoms with Gasteiger partial charge >= 0.3 is 0 Å². The van der Waals surface area contributed by atoms with Crippen molar-refractivity contribution in [3.8, 4) is 5.69 Å². The van der Waals surface area contributed by atoms with Crippen molar-refractivity contribution in [2.24, 2.45) is 0 Å². The lowest BCUT2D eigenvalue weighted by Crippen LogP contribution is -2.26. The molecule has 0 atom stereocenters. The Kier molecular flexibility index (Phi) is 4.14. The highest BCUT2D eigenvalue weighted by Crippen LogP contribution is 2.40. The summed E-state index contributed by atoms with van der Waals surface area (Å²) in [4.78, 5) is 4.34. The third-order valence-electron chi connectivity index (χ3n) is 4.58. The van der Waals surface area contributed by atoms with E-state index in [0.29, 0.717) is 5.92 Å². The molecular formula is C18H17BrClN3. The van der Waals surface area contributed by atoms with Crippen LogP contribution in [0.5, 0.6) is 0 Å². The SMILES string of the molecule is Clc1ccc(-n2c(Br)c(C3CCNCC3)c3ccncc32)cc1. The Bertz CT molecular complexity index is 835. The summed E-state index contributed by atoms with van der Waals surface area (Å²) in [7, 11) is 0. The number of nitrogens with zero attached hydrogens (tertiary/aromatic N) is 2. The number of rotatable bonds is 2. The van der Waals surface area contributed by atoms with Crippen LogP contribution in [0.1, 0.15) is 24.3 Å². The molecular weight excluding hydrogens is 374 g/mol. The van der Waals surface area contributed by atoms with Gasteiger partial charge in [0.25, 0.3) is 0 Å². The van der Waals surface area contributed by atoms with E-state index in [9.17, 15) is 0 Å². The van der Waals surface area contributed by atoms with Crippen molar-refractivity contribution >= 4 is 38.4 Å². The number of pyridine rings is 1. The summed E-state index contributed by atoms with van der Waals surface area (Å²) in [5, 5.41) is 5.48. The van der Waals surface area contributed by atoms with E-state index < -0.39 is 0 Å². The molecule has 1 aliphatic rings. The first-order chi connectivity index (χ1) is 11.3. The average molecular weight is 391 g/mol. The molecule has 4 rings (SSSR count). The van der Waals surface area contributed by atoms with Crippen LogP contribution in [0.2, 0.25) is 5.02 Å². The number of aromatic nitrogens is 2. The van der Waals surface area contributed by atoms with E-state index in [1.165, 1.54) is 23.8 Å². The molecule has 1 N–H and O–H groups in total. The number of piperidine rings is 1. The summed E-state index contributed by atoms with van der Waals surface area (Å²) in [6.45, 7) is 2.16. The molecule has 1 fully saturated rings. The van der Waals surface area contributed by atoms with Crippen molar-refractivity contribution in [1.29, 1.82) is 0 Å². The molecule has 3 aromatic rings. The zero-order valence-corrected chi connectivity index (χ0v) is 14.9. The summed E-state index contributed by atoms with van der Waals surface area (Å²) in [5.41, 5.74) is 3.63. The van der Waals surface area contributed by atoms with Gasteiger partial charge in [-0.3, -0.25) is 4.98 Å². The summed E-state index contributed by atoms with van der Waals surface area (Å²) >= 11 is 9.91. The molecule has 0 spiro atoms. The minimum absolute atomic E-state index is 0.573. The zero-order chi connectivity index (χ0) is 15.8. The maximum atomic E-state index is 6.04. The molecule has 0 unspecified atom stereocenters. The summed E-state index contributed by atoms with van der Waals surface area (Å²) in [5.74, 6) is 0.573. The van der Waals surface area contributed by atoms with Crippen molar-refractivity contribution in [3.05, 3.63) is 57.9 Å². The second-order valence-corrected chi connectivity index (χ2v) is 7.12. The maximum Gasteiger partial charge on any atom is 0.0939 e. The van der Waals surface area contributed by atoms with Gasteiger partial charge in [0.15, 0.2) is 0 Å². The van der Waals surface area contributed by atoms with Crippen molar-refractivity contribution < 1.29 is 0 Å². The number of hydrogen-bond donors (Lipinski definition) is 1. The van der Waals surface area contributed by atoms with Gasteiger partial charge in [0.05, 0.1) is 16.3 Å². The lowest BCUT2D eigenvalue weighted by molar-refractivity contribution is 0.461. The molecule has 2 aromatic heterocycles.